The number of nitrogens with zero attached hydrogens (tertiary/aromatic N) is 3. The van der Waals surface area contributed by atoms with Crippen LogP contribution in [0.25, 0.3) is 0 Å². The number of rotatable bonds is 4. The van der Waals surface area contributed by atoms with Crippen molar-refractivity contribution in [1.29, 1.82) is 0 Å². The summed E-state index contributed by atoms with van der Waals surface area (Å²) in [5.74, 6) is 1.38. The maximum atomic E-state index is 12.8. The molecule has 1 saturated heterocycles. The summed E-state index contributed by atoms with van der Waals surface area (Å²) in [4.78, 5) is 14.8. The van der Waals surface area contributed by atoms with Gasteiger partial charge >= 0.3 is 0 Å². The molecule has 128 valence electrons. The molecule has 23 heavy (non-hydrogen) atoms. The molecule has 0 bridgehead atoms. The molecule has 1 aliphatic carbocycles. The number of nitrogens with two attached hydrogens (primary N) is 1. The average molecular weight is 320 g/mol. The second kappa shape index (κ2) is 6.61. The summed E-state index contributed by atoms with van der Waals surface area (Å²) in [6, 6.07) is -0.00432. The van der Waals surface area contributed by atoms with Gasteiger partial charge in [-0.15, -0.1) is 0 Å². The molecule has 1 atom stereocenters. The zero-order chi connectivity index (χ0) is 16.6. The van der Waals surface area contributed by atoms with Crippen LogP contribution >= 0.6 is 0 Å². The van der Waals surface area contributed by atoms with Gasteiger partial charge in [-0.1, -0.05) is 0 Å². The fourth-order valence-electron chi connectivity index (χ4n) is 4.01. The van der Waals surface area contributed by atoms with Crippen LogP contribution in [-0.4, -0.2) is 46.9 Å². The van der Waals surface area contributed by atoms with Crippen LogP contribution < -0.4 is 5.73 Å². The van der Waals surface area contributed by atoms with Crippen molar-refractivity contribution in [2.24, 2.45) is 24.6 Å². The topological polar surface area (TPSA) is 73.4 Å². The number of amides is 1. The molecule has 1 saturated carbocycles. The largest absolute Gasteiger partial charge is 0.377 e. The van der Waals surface area contributed by atoms with Gasteiger partial charge in [0.15, 0.2) is 0 Å². The maximum absolute atomic E-state index is 12.8. The van der Waals surface area contributed by atoms with Gasteiger partial charge in [0, 0.05) is 31.3 Å². The van der Waals surface area contributed by atoms with E-state index < -0.39 is 0 Å². The SMILES string of the molecule is Cc1nn(C)c(C)c1C1COCCN1C(=O)CC1CC(CN)C1. The Morgan fingerprint density at radius 1 is 1.35 bits per heavy atom. The van der Waals surface area contributed by atoms with Crippen LogP contribution in [0.5, 0.6) is 0 Å². The number of hydrogen-bond acceptors (Lipinski definition) is 4. The summed E-state index contributed by atoms with van der Waals surface area (Å²) in [5.41, 5.74) is 8.93. The van der Waals surface area contributed by atoms with E-state index >= 15 is 0 Å². The van der Waals surface area contributed by atoms with Crippen molar-refractivity contribution in [3.8, 4) is 0 Å². The third-order valence-electron chi connectivity index (χ3n) is 5.48. The van der Waals surface area contributed by atoms with Gasteiger partial charge in [-0.05, 0) is 45.1 Å². The quantitative estimate of drug-likeness (QED) is 0.908. The Kier molecular flexibility index (Phi) is 4.73. The van der Waals surface area contributed by atoms with E-state index in [4.69, 9.17) is 10.5 Å². The molecule has 0 aromatic carbocycles. The van der Waals surface area contributed by atoms with Gasteiger partial charge in [-0.25, -0.2) is 0 Å². The fraction of sp³-hybridized carbons (Fsp3) is 0.765. The van der Waals surface area contributed by atoms with Gasteiger partial charge in [0.1, 0.15) is 0 Å². The Labute approximate surface area is 138 Å². The Balaban J connectivity index is 1.72. The average Bonchev–Trinajstić information content (AvgIpc) is 2.75. The third kappa shape index (κ3) is 3.15. The molecule has 1 aromatic rings. The number of carbonyl (C=O) groups is 1. The molecular weight excluding hydrogens is 292 g/mol. The number of aromatic nitrogens is 2. The molecule has 2 N–H and O–H groups in total. The monoisotopic (exact) mass is 320 g/mol. The van der Waals surface area contributed by atoms with Gasteiger partial charge < -0.3 is 15.4 Å². The van der Waals surface area contributed by atoms with Crippen LogP contribution in [-0.2, 0) is 16.6 Å². The predicted molar refractivity (Wildman–Crippen MR) is 87.8 cm³/mol. The molecule has 1 aromatic heterocycles. The molecule has 3 rings (SSSR count). The van der Waals surface area contributed by atoms with Crippen molar-refractivity contribution in [2.75, 3.05) is 26.3 Å². The van der Waals surface area contributed by atoms with E-state index in [-0.39, 0.29) is 11.9 Å². The van der Waals surface area contributed by atoms with E-state index in [0.717, 1.165) is 36.3 Å². The zero-order valence-electron chi connectivity index (χ0n) is 14.4. The molecule has 2 heterocycles. The number of hydrogen-bond donors (Lipinski definition) is 1. The van der Waals surface area contributed by atoms with E-state index in [9.17, 15) is 4.79 Å². The number of morpholine rings is 1. The fourth-order valence-corrected chi connectivity index (χ4v) is 4.01. The molecule has 1 aliphatic heterocycles. The summed E-state index contributed by atoms with van der Waals surface area (Å²) >= 11 is 0. The minimum Gasteiger partial charge on any atom is -0.377 e. The lowest BCUT2D eigenvalue weighted by atomic mass is 9.73. The Bertz CT molecular complexity index is 577. The van der Waals surface area contributed by atoms with E-state index in [1.807, 2.05) is 23.6 Å². The van der Waals surface area contributed by atoms with Crippen molar-refractivity contribution in [3.05, 3.63) is 17.0 Å². The van der Waals surface area contributed by atoms with Crippen LogP contribution in [0.3, 0.4) is 0 Å². The predicted octanol–water partition coefficient (Wildman–Crippen LogP) is 1.31. The molecule has 6 nitrogen and oxygen atoms in total. The molecule has 6 heteroatoms. The van der Waals surface area contributed by atoms with Crippen LogP contribution in [0.4, 0.5) is 0 Å². The normalized spacial score (nSPS) is 27.8. The smallest absolute Gasteiger partial charge is 0.223 e. The van der Waals surface area contributed by atoms with Gasteiger partial charge in [-0.2, -0.15) is 5.10 Å². The van der Waals surface area contributed by atoms with Crippen molar-refractivity contribution in [3.63, 3.8) is 0 Å². The highest BCUT2D eigenvalue weighted by Crippen LogP contribution is 2.37. The summed E-state index contributed by atoms with van der Waals surface area (Å²) in [6.45, 7) is 6.68. The first-order valence-corrected chi connectivity index (χ1v) is 8.58. The highest BCUT2D eigenvalue weighted by molar-refractivity contribution is 5.77. The van der Waals surface area contributed by atoms with Crippen LogP contribution in [0.1, 0.15) is 42.3 Å². The third-order valence-corrected chi connectivity index (χ3v) is 5.48. The van der Waals surface area contributed by atoms with E-state index in [0.29, 0.717) is 38.0 Å². The van der Waals surface area contributed by atoms with Crippen LogP contribution in [0.2, 0.25) is 0 Å². The number of aryl methyl sites for hydroxylation is 2. The first-order chi connectivity index (χ1) is 11.0. The minimum atomic E-state index is -0.00432. The van der Waals surface area contributed by atoms with Crippen molar-refractivity contribution < 1.29 is 9.53 Å². The Morgan fingerprint density at radius 3 is 2.70 bits per heavy atom. The summed E-state index contributed by atoms with van der Waals surface area (Å²) in [5, 5.41) is 4.50. The highest BCUT2D eigenvalue weighted by atomic mass is 16.5. The Morgan fingerprint density at radius 2 is 2.09 bits per heavy atom. The Hall–Kier alpha value is -1.40. The van der Waals surface area contributed by atoms with Gasteiger partial charge in [-0.3, -0.25) is 9.48 Å². The first kappa shape index (κ1) is 16.5. The standard InChI is InChI=1S/C17H28N4O2/c1-11-17(12(2)20(3)19-11)15-10-23-5-4-21(15)16(22)8-13-6-14(7-13)9-18/h13-15H,4-10,18H2,1-3H3. The summed E-state index contributed by atoms with van der Waals surface area (Å²) in [7, 11) is 1.95. The van der Waals surface area contributed by atoms with Gasteiger partial charge in [0.25, 0.3) is 0 Å². The molecule has 0 radical (unpaired) electrons. The summed E-state index contributed by atoms with van der Waals surface area (Å²) < 4.78 is 7.56. The van der Waals surface area contributed by atoms with Crippen molar-refractivity contribution in [1.82, 2.24) is 14.7 Å². The number of carbonyl (C=O) groups excluding carboxylic acids is 1. The molecule has 0 spiro atoms. The lowest BCUT2D eigenvalue weighted by molar-refractivity contribution is -0.142. The number of ether oxygens (including phenoxy) is 1. The van der Waals surface area contributed by atoms with E-state index in [1.54, 1.807) is 0 Å². The first-order valence-electron chi connectivity index (χ1n) is 8.58. The second-order valence-electron chi connectivity index (χ2n) is 7.03. The van der Waals surface area contributed by atoms with E-state index in [2.05, 4.69) is 12.0 Å². The van der Waals surface area contributed by atoms with Gasteiger partial charge in [0.05, 0.1) is 24.9 Å². The molecule has 1 amide bonds. The van der Waals surface area contributed by atoms with E-state index in [1.165, 1.54) is 0 Å². The van der Waals surface area contributed by atoms with Crippen LogP contribution in [0, 0.1) is 25.7 Å². The molecule has 1 unspecified atom stereocenters. The lowest BCUT2D eigenvalue weighted by Crippen LogP contribution is -2.45. The lowest BCUT2D eigenvalue weighted by Gasteiger charge is -2.39. The summed E-state index contributed by atoms with van der Waals surface area (Å²) in [6.07, 6.45) is 2.84. The maximum Gasteiger partial charge on any atom is 0.223 e. The molecule has 2 fully saturated rings. The molecular formula is C17H28N4O2. The van der Waals surface area contributed by atoms with Crippen molar-refractivity contribution >= 4 is 5.91 Å². The minimum absolute atomic E-state index is 0.00432. The highest BCUT2D eigenvalue weighted by Gasteiger charge is 2.36. The van der Waals surface area contributed by atoms with Crippen molar-refractivity contribution in [2.45, 2.75) is 39.2 Å². The van der Waals surface area contributed by atoms with Gasteiger partial charge in [0.2, 0.25) is 5.91 Å². The second-order valence-corrected chi connectivity index (χ2v) is 7.03. The van der Waals surface area contributed by atoms with Crippen LogP contribution in [0.15, 0.2) is 0 Å². The zero-order valence-corrected chi connectivity index (χ0v) is 14.4. The molecule has 2 aliphatic rings.